The Morgan fingerprint density at radius 1 is 0.944 bits per heavy atom. The van der Waals surface area contributed by atoms with Gasteiger partial charge in [0.1, 0.15) is 6.10 Å². The van der Waals surface area contributed by atoms with Crippen molar-refractivity contribution < 1.29 is 13.2 Å². The number of hydrogen-bond acceptors (Lipinski definition) is 4. The maximum absolute atomic E-state index is 11.6. The molecule has 3 aromatic rings. The molecule has 0 spiro atoms. The fourth-order valence-electron chi connectivity index (χ4n) is 4.96. The molecule has 1 N–H and O–H groups in total. The molecule has 0 saturated carbocycles. The maximum atomic E-state index is 11.6. The second-order valence-electron chi connectivity index (χ2n) is 10.2. The molecule has 0 aromatic heterocycles. The van der Waals surface area contributed by atoms with Gasteiger partial charge in [0.25, 0.3) is 0 Å². The van der Waals surface area contributed by atoms with Crippen molar-refractivity contribution in [2.45, 2.75) is 38.3 Å². The minimum absolute atomic E-state index is 0.177. The number of ether oxygens (including phenoxy) is 1. The Bertz CT molecular complexity index is 1250. The zero-order valence-corrected chi connectivity index (χ0v) is 21.9. The summed E-state index contributed by atoms with van der Waals surface area (Å²) in [6.07, 6.45) is 8.57. The van der Waals surface area contributed by atoms with Crippen LogP contribution < -0.4 is 4.72 Å². The number of nitrogens with zero attached hydrogens (tertiary/aromatic N) is 1. The Labute approximate surface area is 215 Å². The number of allylic oxidation sites excluding steroid dienone is 1. The van der Waals surface area contributed by atoms with Gasteiger partial charge in [0.05, 0.1) is 18.4 Å². The molecule has 2 unspecified atom stereocenters. The van der Waals surface area contributed by atoms with E-state index in [4.69, 9.17) is 9.73 Å². The van der Waals surface area contributed by atoms with Crippen molar-refractivity contribution >= 4 is 21.9 Å². The minimum Gasteiger partial charge on any atom is -0.368 e. The molecule has 0 amide bonds. The number of benzene rings is 3. The molecule has 1 aliphatic heterocycles. The van der Waals surface area contributed by atoms with E-state index in [2.05, 4.69) is 48.9 Å². The third-order valence-electron chi connectivity index (χ3n) is 6.39. The second kappa shape index (κ2) is 10.8. The molecule has 0 fully saturated rings. The first kappa shape index (κ1) is 25.9. The topological polar surface area (TPSA) is 67.8 Å². The highest BCUT2D eigenvalue weighted by Gasteiger charge is 2.36. The summed E-state index contributed by atoms with van der Waals surface area (Å²) < 4.78 is 32.4. The minimum atomic E-state index is -3.31. The molecular formula is C30H34N2O3S. The normalized spacial score (nSPS) is 18.9. The van der Waals surface area contributed by atoms with Crippen molar-refractivity contribution in [3.63, 3.8) is 0 Å². The number of hydrogen-bond donors (Lipinski definition) is 1. The molecule has 3 aromatic carbocycles. The number of aliphatic imine (C=N–C) groups is 1. The average molecular weight is 503 g/mol. The molecule has 4 rings (SSSR count). The van der Waals surface area contributed by atoms with Crippen LogP contribution in [0, 0.1) is 5.41 Å². The Balaban J connectivity index is 1.59. The SMILES string of the molecule is CC(COC(c1ccccc1)c1ccccc1)(Cc1ccc(NS(C)(=O)=O)cc1)CC1(C)C=CC=N1. The zero-order valence-electron chi connectivity index (χ0n) is 21.1. The summed E-state index contributed by atoms with van der Waals surface area (Å²) in [6, 6.07) is 28.2. The zero-order chi connectivity index (χ0) is 25.7. The highest BCUT2D eigenvalue weighted by molar-refractivity contribution is 7.92. The Hall–Kier alpha value is -3.22. The number of sulfonamides is 1. The lowest BCUT2D eigenvalue weighted by molar-refractivity contribution is 0.00528. The van der Waals surface area contributed by atoms with Gasteiger partial charge in [-0.1, -0.05) is 85.8 Å². The van der Waals surface area contributed by atoms with Gasteiger partial charge in [-0.25, -0.2) is 8.42 Å². The summed E-state index contributed by atoms with van der Waals surface area (Å²) in [7, 11) is -3.31. The van der Waals surface area contributed by atoms with Gasteiger partial charge in [-0.15, -0.1) is 0 Å². The predicted molar refractivity (Wildman–Crippen MR) is 148 cm³/mol. The van der Waals surface area contributed by atoms with E-state index in [1.54, 1.807) is 0 Å². The molecular weight excluding hydrogens is 468 g/mol. The summed E-state index contributed by atoms with van der Waals surface area (Å²) in [5.41, 5.74) is 3.40. The van der Waals surface area contributed by atoms with Crippen molar-refractivity contribution in [3.05, 3.63) is 114 Å². The third kappa shape index (κ3) is 7.15. The second-order valence-corrected chi connectivity index (χ2v) is 12.0. The molecule has 1 heterocycles. The van der Waals surface area contributed by atoms with Gasteiger partial charge in [-0.2, -0.15) is 0 Å². The van der Waals surface area contributed by atoms with Crippen molar-refractivity contribution in [3.8, 4) is 0 Å². The average Bonchev–Trinajstić information content (AvgIpc) is 3.26. The van der Waals surface area contributed by atoms with Crippen LogP contribution >= 0.6 is 0 Å². The van der Waals surface area contributed by atoms with Crippen LogP contribution in [0.2, 0.25) is 0 Å². The standard InChI is InChI=1S/C30H34N2O3S/c1-29(22-30(2)19-10-20-31-30,21-24-15-17-27(18-16-24)32-36(3,33)34)23-35-28(25-11-6-4-7-12-25)26-13-8-5-9-14-26/h4-20,28,32H,21-23H2,1-3H3. The summed E-state index contributed by atoms with van der Waals surface area (Å²) in [5, 5.41) is 0. The number of nitrogens with one attached hydrogen (secondary N) is 1. The highest BCUT2D eigenvalue weighted by atomic mass is 32.2. The van der Waals surface area contributed by atoms with Crippen LogP contribution in [-0.4, -0.2) is 33.0 Å². The van der Waals surface area contributed by atoms with Crippen LogP contribution in [0.5, 0.6) is 0 Å². The van der Waals surface area contributed by atoms with Gasteiger partial charge >= 0.3 is 0 Å². The molecule has 2 atom stereocenters. The largest absolute Gasteiger partial charge is 0.368 e. The molecule has 1 aliphatic rings. The van der Waals surface area contributed by atoms with E-state index in [1.165, 1.54) is 0 Å². The molecule has 0 saturated heterocycles. The summed E-state index contributed by atoms with van der Waals surface area (Å²) in [5.74, 6) is 0. The molecule has 5 nitrogen and oxygen atoms in total. The smallest absolute Gasteiger partial charge is 0.229 e. The van der Waals surface area contributed by atoms with Crippen LogP contribution in [0.1, 0.15) is 43.1 Å². The van der Waals surface area contributed by atoms with Gasteiger partial charge in [0, 0.05) is 11.9 Å². The molecule has 36 heavy (non-hydrogen) atoms. The Kier molecular flexibility index (Phi) is 7.76. The first-order valence-corrected chi connectivity index (χ1v) is 14.0. The van der Waals surface area contributed by atoms with Gasteiger partial charge in [0.15, 0.2) is 0 Å². The Morgan fingerprint density at radius 2 is 1.53 bits per heavy atom. The first-order valence-electron chi connectivity index (χ1n) is 12.1. The van der Waals surface area contributed by atoms with Crippen molar-refractivity contribution in [2.75, 3.05) is 17.6 Å². The van der Waals surface area contributed by atoms with Crippen molar-refractivity contribution in [1.82, 2.24) is 0 Å². The molecule has 0 bridgehead atoms. The van der Waals surface area contributed by atoms with E-state index >= 15 is 0 Å². The van der Waals surface area contributed by atoms with Crippen LogP contribution in [0.15, 0.2) is 102 Å². The van der Waals surface area contributed by atoms with Crippen molar-refractivity contribution in [2.24, 2.45) is 10.4 Å². The molecule has 188 valence electrons. The van der Waals surface area contributed by atoms with Crippen molar-refractivity contribution in [1.29, 1.82) is 0 Å². The quantitative estimate of drug-likeness (QED) is 0.339. The van der Waals surface area contributed by atoms with E-state index < -0.39 is 10.0 Å². The fourth-order valence-corrected chi connectivity index (χ4v) is 5.53. The molecule has 0 aliphatic carbocycles. The lowest BCUT2D eigenvalue weighted by Crippen LogP contribution is -2.35. The third-order valence-corrected chi connectivity index (χ3v) is 6.99. The molecule has 0 radical (unpaired) electrons. The highest BCUT2D eigenvalue weighted by Crippen LogP contribution is 2.39. The lowest BCUT2D eigenvalue weighted by atomic mass is 9.74. The number of rotatable bonds is 11. The fraction of sp³-hybridized carbons (Fsp3) is 0.300. The summed E-state index contributed by atoms with van der Waals surface area (Å²) >= 11 is 0. The van der Waals surface area contributed by atoms with Crippen LogP contribution in [0.3, 0.4) is 0 Å². The van der Waals surface area contributed by atoms with Gasteiger partial charge < -0.3 is 4.74 Å². The lowest BCUT2D eigenvalue weighted by Gasteiger charge is -2.36. The molecule has 6 heteroatoms. The van der Waals surface area contributed by atoms with Crippen LogP contribution in [-0.2, 0) is 21.2 Å². The number of anilines is 1. The van der Waals surface area contributed by atoms with Gasteiger partial charge in [0.2, 0.25) is 10.0 Å². The van der Waals surface area contributed by atoms with E-state index in [1.807, 2.05) is 73.0 Å². The van der Waals surface area contributed by atoms with Gasteiger partial charge in [-0.3, -0.25) is 9.71 Å². The maximum Gasteiger partial charge on any atom is 0.229 e. The van der Waals surface area contributed by atoms with Crippen LogP contribution in [0.4, 0.5) is 5.69 Å². The monoisotopic (exact) mass is 502 g/mol. The van der Waals surface area contributed by atoms with E-state index in [9.17, 15) is 8.42 Å². The van der Waals surface area contributed by atoms with Crippen LogP contribution in [0.25, 0.3) is 0 Å². The van der Waals surface area contributed by atoms with E-state index in [0.717, 1.165) is 35.8 Å². The predicted octanol–water partition coefficient (Wildman–Crippen LogP) is 6.20. The van der Waals surface area contributed by atoms with E-state index in [0.29, 0.717) is 12.3 Å². The van der Waals surface area contributed by atoms with E-state index in [-0.39, 0.29) is 17.1 Å². The Morgan fingerprint density at radius 3 is 2.03 bits per heavy atom. The van der Waals surface area contributed by atoms with Gasteiger partial charge in [-0.05, 0) is 60.1 Å². The summed E-state index contributed by atoms with van der Waals surface area (Å²) in [6.45, 7) is 4.93. The summed E-state index contributed by atoms with van der Waals surface area (Å²) in [4.78, 5) is 4.72. The first-order chi connectivity index (χ1) is 17.1.